The van der Waals surface area contributed by atoms with Crippen LogP contribution in [0.15, 0.2) is 18.3 Å². The summed E-state index contributed by atoms with van der Waals surface area (Å²) in [6.45, 7) is 3.59. The van der Waals surface area contributed by atoms with Gasteiger partial charge in [0, 0.05) is 37.8 Å². The summed E-state index contributed by atoms with van der Waals surface area (Å²) < 4.78 is 1.69. The summed E-state index contributed by atoms with van der Waals surface area (Å²) in [6.07, 6.45) is 2.40. The molecule has 1 atom stereocenters. The first kappa shape index (κ1) is 14.3. The molecule has 1 aromatic heterocycles. The maximum absolute atomic E-state index is 11.5. The standard InChI is InChI=1S/C14H18ClN5O/c1-18-2-4-19(5-3-18)14(9-21)20-8-10-6-12(16)11(15)7-13(10)17-20/h6-9,14H,2-5,16H2,1H3. The molecule has 1 unspecified atom stereocenters. The Kier molecular flexibility index (Phi) is 3.84. The number of aldehydes is 1. The molecule has 2 N–H and O–H groups in total. The van der Waals surface area contributed by atoms with Gasteiger partial charge < -0.3 is 10.6 Å². The average Bonchev–Trinajstić information content (AvgIpc) is 2.85. The van der Waals surface area contributed by atoms with Gasteiger partial charge in [-0.25, -0.2) is 4.68 Å². The van der Waals surface area contributed by atoms with Gasteiger partial charge in [-0.05, 0) is 19.2 Å². The molecule has 0 aliphatic carbocycles. The third-order valence-corrected chi connectivity index (χ3v) is 4.27. The fourth-order valence-electron chi connectivity index (χ4n) is 2.62. The number of halogens is 1. The summed E-state index contributed by atoms with van der Waals surface area (Å²) in [6, 6.07) is 3.52. The van der Waals surface area contributed by atoms with Crippen molar-refractivity contribution < 1.29 is 4.79 Å². The van der Waals surface area contributed by atoms with Crippen molar-refractivity contribution in [1.29, 1.82) is 0 Å². The highest BCUT2D eigenvalue weighted by Gasteiger charge is 2.24. The number of nitrogen functional groups attached to an aromatic ring is 1. The van der Waals surface area contributed by atoms with E-state index in [1.807, 2.05) is 6.20 Å². The van der Waals surface area contributed by atoms with Gasteiger partial charge in [-0.1, -0.05) is 11.6 Å². The first-order valence-electron chi connectivity index (χ1n) is 6.90. The molecule has 0 radical (unpaired) electrons. The third-order valence-electron chi connectivity index (χ3n) is 3.95. The molecule has 7 heteroatoms. The molecule has 6 nitrogen and oxygen atoms in total. The minimum Gasteiger partial charge on any atom is -0.398 e. The van der Waals surface area contributed by atoms with Crippen molar-refractivity contribution in [3.8, 4) is 0 Å². The normalized spacial score (nSPS) is 19.0. The number of fused-ring (bicyclic) bond motifs is 1. The van der Waals surface area contributed by atoms with Gasteiger partial charge in [0.15, 0.2) is 12.5 Å². The number of carbonyl (C=O) groups is 1. The van der Waals surface area contributed by atoms with E-state index in [-0.39, 0.29) is 6.17 Å². The Morgan fingerprint density at radius 1 is 1.33 bits per heavy atom. The fourth-order valence-corrected chi connectivity index (χ4v) is 2.78. The van der Waals surface area contributed by atoms with Crippen LogP contribution in [0.3, 0.4) is 0 Å². The van der Waals surface area contributed by atoms with Crippen molar-refractivity contribution in [3.63, 3.8) is 0 Å². The van der Waals surface area contributed by atoms with E-state index in [0.717, 1.165) is 43.4 Å². The van der Waals surface area contributed by atoms with E-state index >= 15 is 0 Å². The lowest BCUT2D eigenvalue weighted by Crippen LogP contribution is -2.47. The van der Waals surface area contributed by atoms with E-state index < -0.39 is 0 Å². The van der Waals surface area contributed by atoms with Gasteiger partial charge in [-0.2, -0.15) is 5.10 Å². The number of likely N-dealkylation sites (N-methyl/N-ethyl adjacent to an activating group) is 1. The lowest BCUT2D eigenvalue weighted by molar-refractivity contribution is -0.116. The summed E-state index contributed by atoms with van der Waals surface area (Å²) in [5.74, 6) is 0. The number of rotatable bonds is 3. The molecule has 1 saturated heterocycles. The molecule has 0 saturated carbocycles. The highest BCUT2D eigenvalue weighted by atomic mass is 35.5. The van der Waals surface area contributed by atoms with Gasteiger partial charge in [-0.15, -0.1) is 0 Å². The van der Waals surface area contributed by atoms with E-state index in [9.17, 15) is 4.79 Å². The second-order valence-electron chi connectivity index (χ2n) is 5.43. The topological polar surface area (TPSA) is 67.4 Å². The fraction of sp³-hybridized carbons (Fsp3) is 0.429. The number of hydrogen-bond acceptors (Lipinski definition) is 5. The van der Waals surface area contributed by atoms with Crippen LogP contribution in [-0.4, -0.2) is 59.1 Å². The zero-order chi connectivity index (χ0) is 15.0. The number of nitrogens with two attached hydrogens (primary N) is 1. The number of hydrogen-bond donors (Lipinski definition) is 1. The molecule has 112 valence electrons. The van der Waals surface area contributed by atoms with Gasteiger partial charge in [0.2, 0.25) is 0 Å². The van der Waals surface area contributed by atoms with Gasteiger partial charge in [-0.3, -0.25) is 9.69 Å². The van der Waals surface area contributed by atoms with Crippen LogP contribution in [-0.2, 0) is 4.79 Å². The van der Waals surface area contributed by atoms with E-state index in [0.29, 0.717) is 10.7 Å². The average molecular weight is 308 g/mol. The summed E-state index contributed by atoms with van der Waals surface area (Å²) in [7, 11) is 2.08. The van der Waals surface area contributed by atoms with Crippen molar-refractivity contribution in [2.45, 2.75) is 6.17 Å². The van der Waals surface area contributed by atoms with Crippen molar-refractivity contribution >= 4 is 34.5 Å². The number of benzene rings is 1. The van der Waals surface area contributed by atoms with Crippen molar-refractivity contribution in [3.05, 3.63) is 23.4 Å². The lowest BCUT2D eigenvalue weighted by Gasteiger charge is -2.35. The van der Waals surface area contributed by atoms with Crippen molar-refractivity contribution in [2.24, 2.45) is 0 Å². The summed E-state index contributed by atoms with van der Waals surface area (Å²) in [5, 5.41) is 5.84. The summed E-state index contributed by atoms with van der Waals surface area (Å²) in [4.78, 5) is 15.9. The number of aromatic nitrogens is 2. The minimum absolute atomic E-state index is 0.383. The first-order valence-corrected chi connectivity index (χ1v) is 7.28. The van der Waals surface area contributed by atoms with Crippen LogP contribution in [0.4, 0.5) is 5.69 Å². The Morgan fingerprint density at radius 3 is 2.71 bits per heavy atom. The first-order chi connectivity index (χ1) is 10.1. The van der Waals surface area contributed by atoms with Crippen LogP contribution in [0.25, 0.3) is 10.9 Å². The molecule has 2 aromatic rings. The van der Waals surface area contributed by atoms with Crippen LogP contribution < -0.4 is 5.73 Å². The van der Waals surface area contributed by atoms with Crippen LogP contribution in [0.1, 0.15) is 6.17 Å². The zero-order valence-electron chi connectivity index (χ0n) is 11.9. The number of nitrogens with zero attached hydrogens (tertiary/aromatic N) is 4. The predicted octanol–water partition coefficient (Wildman–Crippen LogP) is 1.22. The van der Waals surface area contributed by atoms with Crippen LogP contribution in [0, 0.1) is 0 Å². The molecule has 0 spiro atoms. The molecule has 0 amide bonds. The van der Waals surface area contributed by atoms with Gasteiger partial charge in [0.05, 0.1) is 16.2 Å². The van der Waals surface area contributed by atoms with Gasteiger partial charge in [0.1, 0.15) is 0 Å². The quantitative estimate of drug-likeness (QED) is 0.682. The molecule has 1 fully saturated rings. The zero-order valence-corrected chi connectivity index (χ0v) is 12.6. The van der Waals surface area contributed by atoms with Gasteiger partial charge in [0.25, 0.3) is 0 Å². The second kappa shape index (κ2) is 5.63. The molecule has 1 aromatic carbocycles. The summed E-state index contributed by atoms with van der Waals surface area (Å²) >= 11 is 6.02. The van der Waals surface area contributed by atoms with E-state index in [1.165, 1.54) is 0 Å². The van der Waals surface area contributed by atoms with Crippen molar-refractivity contribution in [2.75, 3.05) is 39.0 Å². The largest absolute Gasteiger partial charge is 0.398 e. The highest BCUT2D eigenvalue weighted by molar-refractivity contribution is 6.33. The van der Waals surface area contributed by atoms with E-state index in [1.54, 1.807) is 16.8 Å². The Balaban J connectivity index is 1.92. The Labute approximate surface area is 128 Å². The maximum Gasteiger partial charge on any atom is 0.160 e. The molecule has 3 rings (SSSR count). The van der Waals surface area contributed by atoms with Crippen molar-refractivity contribution in [1.82, 2.24) is 19.6 Å². The second-order valence-corrected chi connectivity index (χ2v) is 5.84. The Bertz CT molecular complexity index is 624. The van der Waals surface area contributed by atoms with Crippen LogP contribution in [0.5, 0.6) is 0 Å². The smallest absolute Gasteiger partial charge is 0.160 e. The summed E-state index contributed by atoms with van der Waals surface area (Å²) in [5.41, 5.74) is 7.07. The monoisotopic (exact) mass is 307 g/mol. The Hall–Kier alpha value is -1.63. The van der Waals surface area contributed by atoms with Gasteiger partial charge >= 0.3 is 0 Å². The number of carbonyl (C=O) groups excluding carboxylic acids is 1. The molecule has 0 bridgehead atoms. The molecule has 1 aliphatic heterocycles. The highest BCUT2D eigenvalue weighted by Crippen LogP contribution is 2.26. The maximum atomic E-state index is 11.5. The molecular formula is C14H18ClN5O. The minimum atomic E-state index is -0.383. The molecular weight excluding hydrogens is 290 g/mol. The number of piperazine rings is 1. The lowest BCUT2D eigenvalue weighted by atomic mass is 10.2. The number of anilines is 1. The predicted molar refractivity (Wildman–Crippen MR) is 83.3 cm³/mol. The third kappa shape index (κ3) is 2.74. The van der Waals surface area contributed by atoms with E-state index in [2.05, 4.69) is 21.9 Å². The van der Waals surface area contributed by atoms with E-state index in [4.69, 9.17) is 17.3 Å². The molecule has 1 aliphatic rings. The van der Waals surface area contributed by atoms with Crippen LogP contribution >= 0.6 is 11.6 Å². The SMILES string of the molecule is CN1CCN(C(C=O)n2cc3cc(N)c(Cl)cc3n2)CC1. The molecule has 2 heterocycles. The van der Waals surface area contributed by atoms with Crippen LogP contribution in [0.2, 0.25) is 5.02 Å². The Morgan fingerprint density at radius 2 is 2.05 bits per heavy atom. The molecule has 21 heavy (non-hydrogen) atoms.